The van der Waals surface area contributed by atoms with Crippen molar-refractivity contribution >= 4 is 43.6 Å². The van der Waals surface area contributed by atoms with Gasteiger partial charge in [-0.25, -0.2) is 8.78 Å². The van der Waals surface area contributed by atoms with Gasteiger partial charge in [-0.15, -0.1) is 0 Å². The van der Waals surface area contributed by atoms with Crippen LogP contribution >= 0.6 is 0 Å². The van der Waals surface area contributed by atoms with Crippen LogP contribution in [0.3, 0.4) is 0 Å². The van der Waals surface area contributed by atoms with Crippen molar-refractivity contribution in [3.05, 3.63) is 139 Å². The summed E-state index contributed by atoms with van der Waals surface area (Å²) in [4.78, 5) is 3.69. The van der Waals surface area contributed by atoms with Crippen molar-refractivity contribution in [1.29, 1.82) is 0 Å². The lowest BCUT2D eigenvalue weighted by molar-refractivity contribution is 0.586. The summed E-state index contributed by atoms with van der Waals surface area (Å²) < 4.78 is 32.3. The molecular formula is C36H22F2N2. The molecule has 2 aromatic heterocycles. The number of H-pyrrole nitrogens is 1. The van der Waals surface area contributed by atoms with Crippen LogP contribution in [0, 0.1) is 11.6 Å². The van der Waals surface area contributed by atoms with E-state index in [1.807, 2.05) is 66.7 Å². The lowest BCUT2D eigenvalue weighted by Gasteiger charge is -2.17. The van der Waals surface area contributed by atoms with Gasteiger partial charge in [0.2, 0.25) is 0 Å². The number of rotatable bonds is 3. The number of halogens is 2. The van der Waals surface area contributed by atoms with Crippen LogP contribution in [0.1, 0.15) is 0 Å². The van der Waals surface area contributed by atoms with E-state index in [-0.39, 0.29) is 0 Å². The van der Waals surface area contributed by atoms with Crippen LogP contribution in [0.2, 0.25) is 0 Å². The van der Waals surface area contributed by atoms with Crippen molar-refractivity contribution < 1.29 is 8.78 Å². The monoisotopic (exact) mass is 520 g/mol. The fourth-order valence-corrected chi connectivity index (χ4v) is 6.26. The zero-order valence-electron chi connectivity index (χ0n) is 21.3. The van der Waals surface area contributed by atoms with E-state index in [9.17, 15) is 4.39 Å². The Labute approximate surface area is 228 Å². The molecule has 0 saturated heterocycles. The molecular weight excluding hydrogens is 498 g/mol. The SMILES string of the molecule is Fc1ccc(-c2c3c([nH]c4ccccc43)c(-c3ccccc3)c3c4ccccc4n(-c4ccccc4)c23)c(F)c1. The van der Waals surface area contributed by atoms with Crippen molar-refractivity contribution in [2.45, 2.75) is 0 Å². The minimum Gasteiger partial charge on any atom is -0.354 e. The number of nitrogens with one attached hydrogen (secondary N) is 1. The third-order valence-electron chi connectivity index (χ3n) is 7.84. The Morgan fingerprint density at radius 3 is 2.02 bits per heavy atom. The van der Waals surface area contributed by atoms with Gasteiger partial charge >= 0.3 is 0 Å². The molecule has 0 aliphatic carbocycles. The van der Waals surface area contributed by atoms with E-state index in [0.717, 1.165) is 72.1 Å². The molecule has 0 aliphatic heterocycles. The molecule has 190 valence electrons. The topological polar surface area (TPSA) is 20.7 Å². The Kier molecular flexibility index (Phi) is 4.92. The van der Waals surface area contributed by atoms with E-state index in [4.69, 9.17) is 0 Å². The fourth-order valence-electron chi connectivity index (χ4n) is 6.26. The van der Waals surface area contributed by atoms with E-state index in [1.54, 1.807) is 6.07 Å². The second-order valence-corrected chi connectivity index (χ2v) is 10.1. The van der Waals surface area contributed by atoms with Crippen LogP contribution in [0.4, 0.5) is 8.78 Å². The Balaban J connectivity index is 1.75. The van der Waals surface area contributed by atoms with Crippen molar-refractivity contribution in [3.63, 3.8) is 0 Å². The molecule has 0 bridgehead atoms. The smallest absolute Gasteiger partial charge is 0.134 e. The number of hydrogen-bond acceptors (Lipinski definition) is 0. The van der Waals surface area contributed by atoms with Crippen LogP contribution in [-0.2, 0) is 0 Å². The normalized spacial score (nSPS) is 11.8. The van der Waals surface area contributed by atoms with E-state index in [1.165, 1.54) is 6.07 Å². The van der Waals surface area contributed by atoms with Gasteiger partial charge in [-0.05, 0) is 42.0 Å². The number of hydrogen-bond donors (Lipinski definition) is 1. The molecule has 1 N–H and O–H groups in total. The van der Waals surface area contributed by atoms with E-state index in [0.29, 0.717) is 5.56 Å². The summed E-state index contributed by atoms with van der Waals surface area (Å²) in [6.45, 7) is 0. The molecule has 0 spiro atoms. The summed E-state index contributed by atoms with van der Waals surface area (Å²) in [6.07, 6.45) is 0. The predicted octanol–water partition coefficient (Wildman–Crippen LogP) is 10.0. The fraction of sp³-hybridized carbons (Fsp3) is 0. The maximum Gasteiger partial charge on any atom is 0.134 e. The Bertz CT molecular complexity index is 2230. The van der Waals surface area contributed by atoms with Gasteiger partial charge in [-0.1, -0.05) is 84.9 Å². The molecule has 2 heterocycles. The summed E-state index contributed by atoms with van der Waals surface area (Å²) in [5.74, 6) is -1.19. The average Bonchev–Trinajstić information content (AvgIpc) is 3.54. The van der Waals surface area contributed by atoms with Gasteiger partial charge in [-0.3, -0.25) is 0 Å². The first kappa shape index (κ1) is 22.7. The van der Waals surface area contributed by atoms with Gasteiger partial charge in [-0.2, -0.15) is 0 Å². The molecule has 0 saturated carbocycles. The highest BCUT2D eigenvalue weighted by Gasteiger charge is 2.27. The summed E-state index contributed by atoms with van der Waals surface area (Å²) in [5.41, 5.74) is 7.97. The third-order valence-corrected chi connectivity index (χ3v) is 7.84. The average molecular weight is 521 g/mol. The molecule has 4 heteroatoms. The molecule has 0 aliphatic rings. The van der Waals surface area contributed by atoms with Gasteiger partial charge in [0.25, 0.3) is 0 Å². The maximum atomic E-state index is 15.9. The Morgan fingerprint density at radius 1 is 0.575 bits per heavy atom. The largest absolute Gasteiger partial charge is 0.354 e. The van der Waals surface area contributed by atoms with Crippen molar-refractivity contribution in [2.75, 3.05) is 0 Å². The lowest BCUT2D eigenvalue weighted by atomic mass is 9.89. The molecule has 0 fully saturated rings. The second-order valence-electron chi connectivity index (χ2n) is 10.1. The highest BCUT2D eigenvalue weighted by Crippen LogP contribution is 2.50. The quantitative estimate of drug-likeness (QED) is 0.239. The highest BCUT2D eigenvalue weighted by molar-refractivity contribution is 6.32. The molecule has 0 radical (unpaired) electrons. The molecule has 0 amide bonds. The van der Waals surface area contributed by atoms with Crippen LogP contribution in [-0.4, -0.2) is 9.55 Å². The summed E-state index contributed by atoms with van der Waals surface area (Å²) in [6, 6.07) is 40.8. The first-order valence-electron chi connectivity index (χ1n) is 13.3. The van der Waals surface area contributed by atoms with Crippen LogP contribution in [0.15, 0.2) is 127 Å². The molecule has 6 aromatic carbocycles. The molecule has 0 unspecified atom stereocenters. The van der Waals surface area contributed by atoms with E-state index in [2.05, 4.69) is 52.0 Å². The number of fused-ring (bicyclic) bond motifs is 6. The van der Waals surface area contributed by atoms with Gasteiger partial charge in [0.15, 0.2) is 0 Å². The Morgan fingerprint density at radius 2 is 1.25 bits per heavy atom. The molecule has 8 rings (SSSR count). The molecule has 2 nitrogen and oxygen atoms in total. The van der Waals surface area contributed by atoms with E-state index < -0.39 is 11.6 Å². The van der Waals surface area contributed by atoms with Gasteiger partial charge in [0.05, 0.1) is 16.6 Å². The summed E-state index contributed by atoms with van der Waals surface area (Å²) in [7, 11) is 0. The van der Waals surface area contributed by atoms with Crippen molar-refractivity contribution in [3.8, 4) is 27.9 Å². The third kappa shape index (κ3) is 3.20. The first-order chi connectivity index (χ1) is 19.7. The van der Waals surface area contributed by atoms with Crippen LogP contribution in [0.5, 0.6) is 0 Å². The van der Waals surface area contributed by atoms with E-state index >= 15 is 4.39 Å². The van der Waals surface area contributed by atoms with Gasteiger partial charge in [0.1, 0.15) is 11.6 Å². The number of aromatic nitrogens is 2. The standard InChI is InChI=1S/C36H22F2N2/c37-23-19-20-25(28(38)21-23)33-32-26-15-7-9-17-29(26)39-35(32)31(22-11-3-1-4-12-22)34-27-16-8-10-18-30(27)40(36(33)34)24-13-5-2-6-14-24/h1-21,39H. The minimum atomic E-state index is -0.600. The van der Waals surface area contributed by atoms with Crippen molar-refractivity contribution in [2.24, 2.45) is 0 Å². The summed E-state index contributed by atoms with van der Waals surface area (Å²) >= 11 is 0. The second kappa shape index (κ2) is 8.65. The molecule has 8 aromatic rings. The number of para-hydroxylation sites is 3. The lowest BCUT2D eigenvalue weighted by Crippen LogP contribution is -1.98. The zero-order valence-corrected chi connectivity index (χ0v) is 21.3. The maximum absolute atomic E-state index is 15.9. The molecule has 40 heavy (non-hydrogen) atoms. The van der Waals surface area contributed by atoms with Crippen LogP contribution < -0.4 is 0 Å². The van der Waals surface area contributed by atoms with Crippen LogP contribution in [0.25, 0.3) is 71.6 Å². The van der Waals surface area contributed by atoms with Gasteiger partial charge < -0.3 is 9.55 Å². The Hall–Kier alpha value is -5.22. The number of nitrogens with zero attached hydrogens (tertiary/aromatic N) is 1. The number of aromatic amines is 1. The van der Waals surface area contributed by atoms with Crippen molar-refractivity contribution in [1.82, 2.24) is 9.55 Å². The first-order valence-corrected chi connectivity index (χ1v) is 13.3. The number of benzene rings is 6. The summed E-state index contributed by atoms with van der Waals surface area (Å²) in [5, 5.41) is 3.97. The van der Waals surface area contributed by atoms with Gasteiger partial charge in [0, 0.05) is 55.5 Å². The highest BCUT2D eigenvalue weighted by atomic mass is 19.1. The molecule has 0 atom stereocenters. The zero-order chi connectivity index (χ0) is 26.8. The predicted molar refractivity (Wildman–Crippen MR) is 161 cm³/mol. The minimum absolute atomic E-state index is 0.362.